The lowest BCUT2D eigenvalue weighted by atomic mass is 10.0. The van der Waals surface area contributed by atoms with Crippen molar-refractivity contribution >= 4 is 39.1 Å². The fraction of sp³-hybridized carbons (Fsp3) is 0.333. The maximum Gasteiger partial charge on any atom is 0.256 e. The first-order valence-electron chi connectivity index (χ1n) is 6.67. The van der Waals surface area contributed by atoms with Gasteiger partial charge < -0.3 is 9.64 Å². The van der Waals surface area contributed by atoms with Crippen molar-refractivity contribution in [1.29, 1.82) is 5.26 Å². The zero-order valence-corrected chi connectivity index (χ0v) is 14.2. The summed E-state index contributed by atoms with van der Waals surface area (Å²) in [6.07, 6.45) is -0.575. The summed E-state index contributed by atoms with van der Waals surface area (Å²) in [6.45, 7) is -0.824. The highest BCUT2D eigenvalue weighted by atomic mass is 79.9. The number of ether oxygens (including phenoxy) is 1. The second-order valence-electron chi connectivity index (χ2n) is 4.72. The molecule has 1 aliphatic rings. The number of benzene rings is 1. The molecule has 0 fully saturated rings. The van der Waals surface area contributed by atoms with Gasteiger partial charge in [-0.3, -0.25) is 4.79 Å². The molecule has 8 heteroatoms. The van der Waals surface area contributed by atoms with Gasteiger partial charge >= 0.3 is 0 Å². The molecule has 2 rings (SSSR count). The molecule has 122 valence electrons. The van der Waals surface area contributed by atoms with Gasteiger partial charge in [-0.05, 0) is 24.6 Å². The maximum absolute atomic E-state index is 12.8. The number of nitriles is 1. The molecule has 1 amide bonds. The zero-order chi connectivity index (χ0) is 17.0. The number of rotatable bonds is 5. The lowest BCUT2D eigenvalue weighted by Crippen LogP contribution is -2.41. The Morgan fingerprint density at radius 2 is 2.26 bits per heavy atom. The summed E-state index contributed by atoms with van der Waals surface area (Å²) >= 11 is 9.37. The summed E-state index contributed by atoms with van der Waals surface area (Å²) in [4.78, 5) is 12.7. The van der Waals surface area contributed by atoms with Crippen molar-refractivity contribution in [2.24, 2.45) is 0 Å². The van der Waals surface area contributed by atoms with Crippen molar-refractivity contribution in [1.82, 2.24) is 4.90 Å². The molecule has 0 saturated heterocycles. The van der Waals surface area contributed by atoms with Crippen LogP contribution < -0.4 is 4.74 Å². The second-order valence-corrected chi connectivity index (χ2v) is 6.23. The van der Waals surface area contributed by atoms with Crippen LogP contribution in [0.1, 0.15) is 12.0 Å². The average Bonchev–Trinajstić information content (AvgIpc) is 2.50. The molecule has 23 heavy (non-hydrogen) atoms. The summed E-state index contributed by atoms with van der Waals surface area (Å²) in [5, 5.41) is 8.75. The molecule has 0 saturated carbocycles. The van der Waals surface area contributed by atoms with Gasteiger partial charge in [-0.2, -0.15) is 5.26 Å². The van der Waals surface area contributed by atoms with Crippen molar-refractivity contribution in [3.05, 3.63) is 34.9 Å². The van der Waals surface area contributed by atoms with E-state index in [0.717, 1.165) is 4.90 Å². The molecular formula is C15H12BrClF2N2O2. The number of carbonyl (C=O) groups is 1. The highest BCUT2D eigenvalue weighted by molar-refractivity contribution is 9.10. The molecule has 0 aliphatic carbocycles. The quantitative estimate of drug-likeness (QED) is 0.699. The van der Waals surface area contributed by atoms with Crippen LogP contribution in [0.25, 0.3) is 5.70 Å². The Labute approximate surface area is 145 Å². The molecular weight excluding hydrogens is 394 g/mol. The Morgan fingerprint density at radius 3 is 2.87 bits per heavy atom. The topological polar surface area (TPSA) is 53.3 Å². The van der Waals surface area contributed by atoms with Crippen LogP contribution in [0.2, 0.25) is 5.02 Å². The van der Waals surface area contributed by atoms with Crippen LogP contribution in [-0.4, -0.2) is 35.2 Å². The molecule has 1 unspecified atom stereocenters. The van der Waals surface area contributed by atoms with Gasteiger partial charge in [0, 0.05) is 11.3 Å². The molecule has 1 aliphatic heterocycles. The lowest BCUT2D eigenvalue weighted by Gasteiger charge is -2.31. The van der Waals surface area contributed by atoms with E-state index in [2.05, 4.69) is 15.9 Å². The number of amides is 1. The summed E-state index contributed by atoms with van der Waals surface area (Å²) in [7, 11) is 0. The Hall–Kier alpha value is -1.65. The standard InChI is InChI=1S/C15H12BrClF2N2O2/c16-11-3-4-13(21(15(11)22)8-14(18)19)10-2-1-9(7-12(10)17)23-6-5-20/h1-2,4,7,11,14H,3,6,8H2. The van der Waals surface area contributed by atoms with Crippen LogP contribution in [0.3, 0.4) is 0 Å². The molecule has 1 atom stereocenters. The number of allylic oxidation sites excluding steroid dienone is 1. The number of hydrogen-bond donors (Lipinski definition) is 0. The maximum atomic E-state index is 12.8. The van der Waals surface area contributed by atoms with Gasteiger partial charge in [0.25, 0.3) is 6.43 Å². The third-order valence-electron chi connectivity index (χ3n) is 3.18. The van der Waals surface area contributed by atoms with Crippen molar-refractivity contribution in [2.75, 3.05) is 13.2 Å². The third-order valence-corrected chi connectivity index (χ3v) is 4.26. The Bertz CT molecular complexity index is 676. The average molecular weight is 406 g/mol. The van der Waals surface area contributed by atoms with Crippen LogP contribution in [-0.2, 0) is 4.79 Å². The molecule has 0 radical (unpaired) electrons. The molecule has 1 heterocycles. The van der Waals surface area contributed by atoms with Crippen molar-refractivity contribution in [3.63, 3.8) is 0 Å². The summed E-state index contributed by atoms with van der Waals surface area (Å²) < 4.78 is 30.7. The minimum absolute atomic E-state index is 0.125. The number of nitrogens with zero attached hydrogens (tertiary/aromatic N) is 2. The molecule has 1 aromatic rings. The monoisotopic (exact) mass is 404 g/mol. The van der Waals surface area contributed by atoms with E-state index in [-0.39, 0.29) is 11.6 Å². The van der Waals surface area contributed by atoms with Crippen molar-refractivity contribution in [2.45, 2.75) is 17.7 Å². The summed E-state index contributed by atoms with van der Waals surface area (Å²) in [5.41, 5.74) is 0.812. The van der Waals surface area contributed by atoms with Gasteiger partial charge in [-0.1, -0.05) is 33.6 Å². The van der Waals surface area contributed by atoms with E-state index >= 15 is 0 Å². The van der Waals surface area contributed by atoms with Crippen molar-refractivity contribution < 1.29 is 18.3 Å². The molecule has 4 nitrogen and oxygen atoms in total. The molecule has 0 spiro atoms. The normalized spacial score (nSPS) is 17.9. The van der Waals surface area contributed by atoms with Gasteiger partial charge in [0.1, 0.15) is 11.8 Å². The van der Waals surface area contributed by atoms with Crippen LogP contribution >= 0.6 is 27.5 Å². The van der Waals surface area contributed by atoms with Gasteiger partial charge in [0.15, 0.2) is 6.61 Å². The number of carbonyl (C=O) groups excluding carboxylic acids is 1. The minimum Gasteiger partial charge on any atom is -0.479 e. The summed E-state index contributed by atoms with van der Waals surface area (Å²) in [6, 6.07) is 6.48. The molecule has 0 bridgehead atoms. The van der Waals surface area contributed by atoms with Gasteiger partial charge in [-0.25, -0.2) is 8.78 Å². The highest BCUT2D eigenvalue weighted by Gasteiger charge is 2.32. The van der Waals surface area contributed by atoms with Crippen LogP contribution in [0, 0.1) is 11.3 Å². The third kappa shape index (κ3) is 4.21. The van der Waals surface area contributed by atoms with Crippen LogP contribution in [0.5, 0.6) is 5.75 Å². The van der Waals surface area contributed by atoms with Crippen molar-refractivity contribution in [3.8, 4) is 11.8 Å². The molecule has 0 N–H and O–H groups in total. The van der Waals surface area contributed by atoms with E-state index in [1.807, 2.05) is 6.07 Å². The van der Waals surface area contributed by atoms with Gasteiger partial charge in [-0.15, -0.1) is 0 Å². The largest absolute Gasteiger partial charge is 0.479 e. The van der Waals surface area contributed by atoms with E-state index < -0.39 is 23.7 Å². The van der Waals surface area contributed by atoms with E-state index in [0.29, 0.717) is 23.4 Å². The first kappa shape index (κ1) is 17.7. The van der Waals surface area contributed by atoms with E-state index in [1.54, 1.807) is 18.2 Å². The smallest absolute Gasteiger partial charge is 0.256 e. The van der Waals surface area contributed by atoms with E-state index in [1.165, 1.54) is 6.07 Å². The predicted octanol–water partition coefficient (Wildman–Crippen LogP) is 3.84. The minimum atomic E-state index is -2.66. The Morgan fingerprint density at radius 1 is 1.52 bits per heavy atom. The number of alkyl halides is 3. The van der Waals surface area contributed by atoms with Crippen LogP contribution in [0.4, 0.5) is 8.78 Å². The van der Waals surface area contributed by atoms with E-state index in [4.69, 9.17) is 21.6 Å². The molecule has 1 aromatic carbocycles. The van der Waals surface area contributed by atoms with Crippen LogP contribution in [0.15, 0.2) is 24.3 Å². The highest BCUT2D eigenvalue weighted by Crippen LogP contribution is 2.34. The SMILES string of the molecule is N#CCOc1ccc(C2=CCC(Br)C(=O)N2CC(F)F)c(Cl)c1. The Kier molecular flexibility index (Phi) is 5.97. The molecule has 0 aromatic heterocycles. The second kappa shape index (κ2) is 7.75. The fourth-order valence-electron chi connectivity index (χ4n) is 2.20. The van der Waals surface area contributed by atoms with E-state index in [9.17, 15) is 13.6 Å². The van der Waals surface area contributed by atoms with Gasteiger partial charge in [0.05, 0.1) is 16.4 Å². The fourth-order valence-corrected chi connectivity index (χ4v) is 2.91. The first-order chi connectivity index (χ1) is 10.9. The number of hydrogen-bond acceptors (Lipinski definition) is 3. The summed E-state index contributed by atoms with van der Waals surface area (Å²) in [5.74, 6) is -0.0366. The predicted molar refractivity (Wildman–Crippen MR) is 85.6 cm³/mol. The Balaban J connectivity index is 2.34. The lowest BCUT2D eigenvalue weighted by molar-refractivity contribution is -0.129. The van der Waals surface area contributed by atoms with Gasteiger partial charge in [0.2, 0.25) is 5.91 Å². The zero-order valence-electron chi connectivity index (χ0n) is 11.8. The first-order valence-corrected chi connectivity index (χ1v) is 7.96. The number of halogens is 4.